The number of nitrogens with one attached hydrogen (secondary N) is 1. The first-order valence-corrected chi connectivity index (χ1v) is 6.77. The lowest BCUT2D eigenvalue weighted by Gasteiger charge is -2.08. The minimum atomic E-state index is 0.0806. The van der Waals surface area contributed by atoms with Crippen LogP contribution in [0.3, 0.4) is 0 Å². The molecule has 3 N–H and O–H groups in total. The van der Waals surface area contributed by atoms with Gasteiger partial charge in [0.25, 0.3) is 0 Å². The third-order valence-corrected chi connectivity index (χ3v) is 3.39. The molecule has 0 unspecified atom stereocenters. The van der Waals surface area contributed by atoms with E-state index in [2.05, 4.69) is 18.2 Å². The lowest BCUT2D eigenvalue weighted by Crippen LogP contribution is -2.10. The SMILES string of the molecule is N=C(N)c1ccc(COc2ccc3ccccc3c2)cc1. The van der Waals surface area contributed by atoms with E-state index in [0.29, 0.717) is 6.61 Å². The third kappa shape index (κ3) is 3.03. The maximum atomic E-state index is 7.37. The predicted molar refractivity (Wildman–Crippen MR) is 85.7 cm³/mol. The first-order valence-electron chi connectivity index (χ1n) is 6.77. The van der Waals surface area contributed by atoms with E-state index >= 15 is 0 Å². The molecule has 0 radical (unpaired) electrons. The molecule has 3 aromatic rings. The van der Waals surface area contributed by atoms with Crippen LogP contribution in [0.15, 0.2) is 66.7 Å². The van der Waals surface area contributed by atoms with Gasteiger partial charge in [0.05, 0.1) is 0 Å². The quantitative estimate of drug-likeness (QED) is 0.564. The number of hydrogen-bond acceptors (Lipinski definition) is 2. The lowest BCUT2D eigenvalue weighted by molar-refractivity contribution is 0.306. The number of benzene rings is 3. The van der Waals surface area contributed by atoms with Crippen LogP contribution in [0.1, 0.15) is 11.1 Å². The van der Waals surface area contributed by atoms with Gasteiger partial charge in [-0.2, -0.15) is 0 Å². The Labute approximate surface area is 123 Å². The average molecular weight is 276 g/mol. The lowest BCUT2D eigenvalue weighted by atomic mass is 10.1. The summed E-state index contributed by atoms with van der Waals surface area (Å²) in [6, 6.07) is 21.8. The summed E-state index contributed by atoms with van der Waals surface area (Å²) in [5.41, 5.74) is 7.21. The number of amidine groups is 1. The van der Waals surface area contributed by atoms with E-state index in [4.69, 9.17) is 15.9 Å². The largest absolute Gasteiger partial charge is 0.489 e. The fourth-order valence-electron chi connectivity index (χ4n) is 2.20. The molecule has 0 spiro atoms. The van der Waals surface area contributed by atoms with Crippen LogP contribution in [0.2, 0.25) is 0 Å². The average Bonchev–Trinajstić information content (AvgIpc) is 2.53. The topological polar surface area (TPSA) is 59.1 Å². The van der Waals surface area contributed by atoms with Crippen molar-refractivity contribution in [1.82, 2.24) is 0 Å². The molecule has 0 heterocycles. The molecule has 3 heteroatoms. The van der Waals surface area contributed by atoms with Crippen LogP contribution in [0.4, 0.5) is 0 Å². The zero-order valence-corrected chi connectivity index (χ0v) is 11.5. The molecule has 0 aliphatic rings. The summed E-state index contributed by atoms with van der Waals surface area (Å²) in [5.74, 6) is 0.932. The summed E-state index contributed by atoms with van der Waals surface area (Å²) in [5, 5.41) is 9.74. The molecule has 0 atom stereocenters. The molecule has 0 aliphatic carbocycles. The number of nitrogens with two attached hydrogens (primary N) is 1. The van der Waals surface area contributed by atoms with Crippen molar-refractivity contribution < 1.29 is 4.74 Å². The van der Waals surface area contributed by atoms with Gasteiger partial charge < -0.3 is 10.5 Å². The van der Waals surface area contributed by atoms with E-state index in [1.807, 2.05) is 48.5 Å². The first-order chi connectivity index (χ1) is 10.2. The van der Waals surface area contributed by atoms with Crippen LogP contribution in [-0.4, -0.2) is 5.84 Å². The van der Waals surface area contributed by atoms with Gasteiger partial charge in [-0.25, -0.2) is 0 Å². The molecule has 0 bridgehead atoms. The number of ether oxygens (including phenoxy) is 1. The van der Waals surface area contributed by atoms with E-state index in [1.165, 1.54) is 10.8 Å². The molecule has 3 aromatic carbocycles. The summed E-state index contributed by atoms with van der Waals surface area (Å²) in [6.45, 7) is 0.497. The van der Waals surface area contributed by atoms with Crippen LogP contribution in [-0.2, 0) is 6.61 Å². The Kier molecular flexibility index (Phi) is 3.56. The molecular formula is C18H16N2O. The zero-order valence-electron chi connectivity index (χ0n) is 11.5. The van der Waals surface area contributed by atoms with E-state index < -0.39 is 0 Å². The van der Waals surface area contributed by atoms with Gasteiger partial charge in [0.15, 0.2) is 0 Å². The zero-order chi connectivity index (χ0) is 14.7. The molecule has 0 aromatic heterocycles. The van der Waals surface area contributed by atoms with Gasteiger partial charge in [0.2, 0.25) is 0 Å². The van der Waals surface area contributed by atoms with Gasteiger partial charge in [-0.05, 0) is 28.5 Å². The van der Waals surface area contributed by atoms with Crippen molar-refractivity contribution in [3.63, 3.8) is 0 Å². The van der Waals surface area contributed by atoms with Crippen molar-refractivity contribution in [2.75, 3.05) is 0 Å². The summed E-state index contributed by atoms with van der Waals surface area (Å²) in [6.07, 6.45) is 0. The third-order valence-electron chi connectivity index (χ3n) is 3.39. The maximum absolute atomic E-state index is 7.37. The van der Waals surface area contributed by atoms with E-state index in [1.54, 1.807) is 0 Å². The van der Waals surface area contributed by atoms with Gasteiger partial charge in [-0.3, -0.25) is 5.41 Å². The van der Waals surface area contributed by atoms with Crippen LogP contribution < -0.4 is 10.5 Å². The molecule has 3 rings (SSSR count). The molecule has 21 heavy (non-hydrogen) atoms. The van der Waals surface area contributed by atoms with Crippen LogP contribution in [0.25, 0.3) is 10.8 Å². The molecule has 104 valence electrons. The van der Waals surface area contributed by atoms with Gasteiger partial charge in [0, 0.05) is 5.56 Å². The van der Waals surface area contributed by atoms with E-state index in [9.17, 15) is 0 Å². The highest BCUT2D eigenvalue weighted by Gasteiger charge is 2.00. The first kappa shape index (κ1) is 13.2. The Morgan fingerprint density at radius 3 is 2.33 bits per heavy atom. The van der Waals surface area contributed by atoms with E-state index in [0.717, 1.165) is 16.9 Å². The highest BCUT2D eigenvalue weighted by atomic mass is 16.5. The molecular weight excluding hydrogens is 260 g/mol. The Hall–Kier alpha value is -2.81. The molecule has 0 amide bonds. The number of hydrogen-bond donors (Lipinski definition) is 2. The molecule has 0 saturated heterocycles. The highest BCUT2D eigenvalue weighted by Crippen LogP contribution is 2.21. The van der Waals surface area contributed by atoms with Gasteiger partial charge in [-0.1, -0.05) is 54.6 Å². The number of nitrogen functional groups attached to an aromatic ring is 1. The number of rotatable bonds is 4. The van der Waals surface area contributed by atoms with Gasteiger partial charge in [-0.15, -0.1) is 0 Å². The number of fused-ring (bicyclic) bond motifs is 1. The summed E-state index contributed by atoms with van der Waals surface area (Å²) in [4.78, 5) is 0. The van der Waals surface area contributed by atoms with Crippen molar-refractivity contribution >= 4 is 16.6 Å². The maximum Gasteiger partial charge on any atom is 0.122 e. The monoisotopic (exact) mass is 276 g/mol. The van der Waals surface area contributed by atoms with Gasteiger partial charge >= 0.3 is 0 Å². The summed E-state index contributed by atoms with van der Waals surface area (Å²) in [7, 11) is 0. The minimum Gasteiger partial charge on any atom is -0.489 e. The molecule has 0 aliphatic heterocycles. The second-order valence-corrected chi connectivity index (χ2v) is 4.91. The highest BCUT2D eigenvalue weighted by molar-refractivity contribution is 5.94. The Bertz CT molecular complexity index is 779. The van der Waals surface area contributed by atoms with Crippen LogP contribution in [0, 0.1) is 5.41 Å². The second-order valence-electron chi connectivity index (χ2n) is 4.91. The predicted octanol–water partition coefficient (Wildman–Crippen LogP) is 3.70. The smallest absolute Gasteiger partial charge is 0.122 e. The van der Waals surface area contributed by atoms with Gasteiger partial charge in [0.1, 0.15) is 18.2 Å². The van der Waals surface area contributed by atoms with Crippen molar-refractivity contribution in [3.8, 4) is 5.75 Å². The molecule has 0 fully saturated rings. The van der Waals surface area contributed by atoms with Crippen molar-refractivity contribution in [1.29, 1.82) is 5.41 Å². The fraction of sp³-hybridized carbons (Fsp3) is 0.0556. The van der Waals surface area contributed by atoms with Crippen molar-refractivity contribution in [2.45, 2.75) is 6.61 Å². The second kappa shape index (κ2) is 5.67. The van der Waals surface area contributed by atoms with Crippen LogP contribution in [0.5, 0.6) is 5.75 Å². The van der Waals surface area contributed by atoms with E-state index in [-0.39, 0.29) is 5.84 Å². The van der Waals surface area contributed by atoms with Crippen molar-refractivity contribution in [3.05, 3.63) is 77.9 Å². The minimum absolute atomic E-state index is 0.0806. The summed E-state index contributed by atoms with van der Waals surface area (Å²) >= 11 is 0. The Morgan fingerprint density at radius 1 is 0.905 bits per heavy atom. The Balaban J connectivity index is 1.72. The normalized spacial score (nSPS) is 10.5. The molecule has 3 nitrogen and oxygen atoms in total. The molecule has 0 saturated carbocycles. The standard InChI is InChI=1S/C18H16N2O/c19-18(20)15-7-5-13(6-8-15)12-21-17-10-9-14-3-1-2-4-16(14)11-17/h1-11H,12H2,(H3,19,20). The fourth-order valence-corrected chi connectivity index (χ4v) is 2.20. The summed E-state index contributed by atoms with van der Waals surface area (Å²) < 4.78 is 5.82. The van der Waals surface area contributed by atoms with Crippen molar-refractivity contribution in [2.24, 2.45) is 5.73 Å². The van der Waals surface area contributed by atoms with Crippen LogP contribution >= 0.6 is 0 Å². The Morgan fingerprint density at radius 2 is 1.62 bits per heavy atom.